The molecule has 0 spiro atoms. The van der Waals surface area contributed by atoms with Crippen LogP contribution < -0.4 is 0 Å². The Bertz CT molecular complexity index is 530. The van der Waals surface area contributed by atoms with Gasteiger partial charge >= 0.3 is 0 Å². The molecule has 2 rings (SSSR count). The second-order valence-corrected chi connectivity index (χ2v) is 6.87. The highest BCUT2D eigenvalue weighted by atomic mass is 19.1. The van der Waals surface area contributed by atoms with Crippen molar-refractivity contribution in [1.82, 2.24) is 0 Å². The number of aryl methyl sites for hydroxylation is 2. The molecule has 0 atom stereocenters. The number of rotatable bonds is 7. The van der Waals surface area contributed by atoms with Crippen LogP contribution in [0.4, 0.5) is 4.39 Å². The molecule has 1 aliphatic carbocycles. The number of benzene rings is 1. The van der Waals surface area contributed by atoms with Gasteiger partial charge in [-0.1, -0.05) is 37.6 Å². The molecule has 1 aliphatic rings. The molecule has 1 aromatic carbocycles. The van der Waals surface area contributed by atoms with E-state index in [-0.39, 0.29) is 5.92 Å². The predicted octanol–water partition coefficient (Wildman–Crippen LogP) is 6.15. The van der Waals surface area contributed by atoms with Crippen molar-refractivity contribution in [3.05, 3.63) is 47.3 Å². The van der Waals surface area contributed by atoms with Crippen LogP contribution in [0.5, 0.6) is 0 Å². The summed E-state index contributed by atoms with van der Waals surface area (Å²) in [5, 5.41) is 8.50. The van der Waals surface area contributed by atoms with Crippen molar-refractivity contribution >= 4 is 0 Å². The Labute approximate surface area is 140 Å². The van der Waals surface area contributed by atoms with Gasteiger partial charge in [0.25, 0.3) is 0 Å². The molecule has 1 saturated carbocycles. The zero-order chi connectivity index (χ0) is 16.5. The molecule has 0 bridgehead atoms. The fourth-order valence-electron chi connectivity index (χ4n) is 3.51. The van der Waals surface area contributed by atoms with Crippen LogP contribution in [0.25, 0.3) is 0 Å². The number of allylic oxidation sites excluding steroid dienone is 2. The van der Waals surface area contributed by atoms with Gasteiger partial charge in [-0.15, -0.1) is 0 Å². The Hall–Kier alpha value is -1.62. The lowest BCUT2D eigenvalue weighted by Gasteiger charge is -2.26. The van der Waals surface area contributed by atoms with Gasteiger partial charge in [-0.25, -0.2) is 0 Å². The molecule has 2 heteroatoms. The minimum absolute atomic E-state index is 0.267. The first-order chi connectivity index (χ1) is 11.2. The summed E-state index contributed by atoms with van der Waals surface area (Å²) in [5.74, 6) is 0.407. The van der Waals surface area contributed by atoms with E-state index in [1.807, 2.05) is 0 Å². The first-order valence-corrected chi connectivity index (χ1v) is 9.06. The molecule has 23 heavy (non-hydrogen) atoms. The molecule has 0 heterocycles. The van der Waals surface area contributed by atoms with Gasteiger partial charge in [0, 0.05) is 0 Å². The fraction of sp³-hybridized carbons (Fsp3) is 0.571. The molecule has 0 amide bonds. The number of halogens is 1. The van der Waals surface area contributed by atoms with Crippen LogP contribution in [-0.2, 0) is 12.8 Å². The lowest BCUT2D eigenvalue weighted by molar-refractivity contribution is 0.294. The van der Waals surface area contributed by atoms with Gasteiger partial charge in [0.2, 0.25) is 0 Å². The number of hydrogen-bond acceptors (Lipinski definition) is 1. The first-order valence-electron chi connectivity index (χ1n) is 9.06. The average Bonchev–Trinajstić information content (AvgIpc) is 2.60. The molecule has 0 N–H and O–H groups in total. The van der Waals surface area contributed by atoms with Crippen molar-refractivity contribution in [2.45, 2.75) is 64.7 Å². The van der Waals surface area contributed by atoms with Crippen molar-refractivity contribution in [3.8, 4) is 6.07 Å². The normalized spacial score (nSPS) is 21.9. The van der Waals surface area contributed by atoms with Crippen molar-refractivity contribution in [1.29, 1.82) is 5.26 Å². The summed E-state index contributed by atoms with van der Waals surface area (Å²) in [5.41, 5.74) is 2.88. The highest BCUT2D eigenvalue weighted by Crippen LogP contribution is 2.33. The monoisotopic (exact) mass is 313 g/mol. The molecule has 1 nitrogen and oxygen atoms in total. The molecule has 0 saturated heterocycles. The van der Waals surface area contributed by atoms with E-state index >= 15 is 0 Å². The van der Waals surface area contributed by atoms with Crippen LogP contribution in [0.15, 0.2) is 36.2 Å². The quantitative estimate of drug-likeness (QED) is 0.554. The maximum Gasteiger partial charge on any atom is 0.196 e. The molecular weight excluding hydrogens is 285 g/mol. The van der Waals surface area contributed by atoms with Gasteiger partial charge in [0.1, 0.15) is 6.07 Å². The van der Waals surface area contributed by atoms with Gasteiger partial charge in [-0.05, 0) is 80.4 Å². The molecular formula is C21H28FN. The van der Waals surface area contributed by atoms with E-state index < -0.39 is 5.83 Å². The van der Waals surface area contributed by atoms with Gasteiger partial charge in [-0.3, -0.25) is 0 Å². The lowest BCUT2D eigenvalue weighted by Crippen LogP contribution is -2.14. The van der Waals surface area contributed by atoms with Gasteiger partial charge in [-0.2, -0.15) is 9.65 Å². The summed E-state index contributed by atoms with van der Waals surface area (Å²) < 4.78 is 13.0. The van der Waals surface area contributed by atoms with E-state index in [4.69, 9.17) is 5.26 Å². The smallest absolute Gasteiger partial charge is 0.195 e. The number of hydrogen-bond donors (Lipinski definition) is 0. The zero-order valence-electron chi connectivity index (χ0n) is 14.2. The minimum Gasteiger partial charge on any atom is -0.195 e. The Morgan fingerprint density at radius 2 is 1.74 bits per heavy atom. The highest BCUT2D eigenvalue weighted by molar-refractivity contribution is 5.22. The molecule has 0 unspecified atom stereocenters. The van der Waals surface area contributed by atoms with Gasteiger partial charge in [0.15, 0.2) is 5.83 Å². The van der Waals surface area contributed by atoms with E-state index in [1.54, 1.807) is 6.07 Å². The van der Waals surface area contributed by atoms with Crippen LogP contribution >= 0.6 is 0 Å². The van der Waals surface area contributed by atoms with Crippen molar-refractivity contribution in [2.24, 2.45) is 11.8 Å². The summed E-state index contributed by atoms with van der Waals surface area (Å²) in [6.07, 6.45) is 12.0. The second-order valence-electron chi connectivity index (χ2n) is 6.87. The summed E-state index contributed by atoms with van der Waals surface area (Å²) in [7, 11) is 0. The molecule has 0 aromatic heterocycles. The Morgan fingerprint density at radius 3 is 2.30 bits per heavy atom. The van der Waals surface area contributed by atoms with Crippen molar-refractivity contribution in [2.75, 3.05) is 0 Å². The maximum atomic E-state index is 13.0. The summed E-state index contributed by atoms with van der Waals surface area (Å²) in [6.45, 7) is 2.23. The fourth-order valence-corrected chi connectivity index (χ4v) is 3.51. The minimum atomic E-state index is -0.614. The average molecular weight is 313 g/mol. The van der Waals surface area contributed by atoms with Crippen LogP contribution in [0.3, 0.4) is 0 Å². The third kappa shape index (κ3) is 6.18. The molecule has 0 radical (unpaired) electrons. The Morgan fingerprint density at radius 1 is 1.13 bits per heavy atom. The summed E-state index contributed by atoms with van der Waals surface area (Å²) in [4.78, 5) is 0. The number of nitrogens with zero attached hydrogens (tertiary/aromatic N) is 1. The predicted molar refractivity (Wildman–Crippen MR) is 93.6 cm³/mol. The second kappa shape index (κ2) is 9.50. The summed E-state index contributed by atoms with van der Waals surface area (Å²) in [6, 6.07) is 10.7. The lowest BCUT2D eigenvalue weighted by atomic mass is 9.79. The molecule has 1 fully saturated rings. The van der Waals surface area contributed by atoms with E-state index in [1.165, 1.54) is 42.9 Å². The van der Waals surface area contributed by atoms with Crippen LogP contribution in [0, 0.1) is 23.2 Å². The number of nitriles is 1. The first kappa shape index (κ1) is 17.7. The highest BCUT2D eigenvalue weighted by Gasteiger charge is 2.20. The van der Waals surface area contributed by atoms with Gasteiger partial charge < -0.3 is 0 Å². The van der Waals surface area contributed by atoms with E-state index in [0.29, 0.717) is 0 Å². The molecule has 0 aliphatic heterocycles. The van der Waals surface area contributed by atoms with Crippen LogP contribution in [0.1, 0.15) is 63.0 Å². The third-order valence-electron chi connectivity index (χ3n) is 5.06. The SMILES string of the molecule is CCCCc1ccc(CC[C@H]2CC[C@H](/C=C(/F)C#N)CC2)cc1. The summed E-state index contributed by atoms with van der Waals surface area (Å²) >= 11 is 0. The maximum absolute atomic E-state index is 13.0. The van der Waals surface area contributed by atoms with E-state index in [2.05, 4.69) is 31.2 Å². The van der Waals surface area contributed by atoms with E-state index in [9.17, 15) is 4.39 Å². The number of unbranched alkanes of at least 4 members (excludes halogenated alkanes) is 1. The molecule has 1 aromatic rings. The van der Waals surface area contributed by atoms with Gasteiger partial charge in [0.05, 0.1) is 0 Å². The third-order valence-corrected chi connectivity index (χ3v) is 5.06. The van der Waals surface area contributed by atoms with Crippen LogP contribution in [0.2, 0.25) is 0 Å². The van der Waals surface area contributed by atoms with Crippen molar-refractivity contribution in [3.63, 3.8) is 0 Å². The Kier molecular flexibility index (Phi) is 7.33. The van der Waals surface area contributed by atoms with E-state index in [0.717, 1.165) is 38.0 Å². The standard InChI is InChI=1S/C21H28FN/c1-2-3-4-17-5-7-18(8-6-17)9-10-19-11-13-20(14-12-19)15-21(22)16-23/h5-8,15,19-20H,2-4,9-14H2,1H3/b21-15+/t19-,20-. The van der Waals surface area contributed by atoms with Crippen molar-refractivity contribution < 1.29 is 4.39 Å². The molecule has 124 valence electrons. The van der Waals surface area contributed by atoms with Crippen LogP contribution in [-0.4, -0.2) is 0 Å². The Balaban J connectivity index is 1.72. The topological polar surface area (TPSA) is 23.8 Å². The zero-order valence-corrected chi connectivity index (χ0v) is 14.2. The largest absolute Gasteiger partial charge is 0.196 e.